The summed E-state index contributed by atoms with van der Waals surface area (Å²) in [4.78, 5) is 6.88. The Balaban J connectivity index is 1.69. The van der Waals surface area contributed by atoms with E-state index in [1.807, 2.05) is 0 Å². The number of piperazine rings is 1. The molecule has 1 aliphatic heterocycles. The summed E-state index contributed by atoms with van der Waals surface area (Å²) >= 11 is 0. The van der Waals surface area contributed by atoms with Crippen molar-refractivity contribution in [1.29, 1.82) is 0 Å². The second kappa shape index (κ2) is 5.95. The molecule has 1 fully saturated rings. The SMILES string of the molecule is CC1CN(Cc2coc(-c3ccc(F)cc3)n2)CC(C)N1. The van der Waals surface area contributed by atoms with Gasteiger partial charge in [-0.15, -0.1) is 0 Å². The number of nitrogens with one attached hydrogen (secondary N) is 1. The van der Waals surface area contributed by atoms with Gasteiger partial charge in [-0.05, 0) is 38.1 Å². The predicted octanol–water partition coefficient (Wildman–Crippen LogP) is 2.66. The molecule has 1 saturated heterocycles. The highest BCUT2D eigenvalue weighted by Crippen LogP contribution is 2.20. The molecule has 0 bridgehead atoms. The first-order valence-electron chi connectivity index (χ1n) is 7.29. The Morgan fingerprint density at radius 1 is 1.24 bits per heavy atom. The average molecular weight is 289 g/mol. The summed E-state index contributed by atoms with van der Waals surface area (Å²) in [6.45, 7) is 7.16. The minimum atomic E-state index is -0.255. The molecular weight excluding hydrogens is 269 g/mol. The summed E-state index contributed by atoms with van der Waals surface area (Å²) in [5.74, 6) is 0.288. The fourth-order valence-electron chi connectivity index (χ4n) is 2.90. The maximum absolute atomic E-state index is 12.9. The highest BCUT2D eigenvalue weighted by Gasteiger charge is 2.21. The van der Waals surface area contributed by atoms with E-state index in [1.165, 1.54) is 12.1 Å². The second-order valence-corrected chi connectivity index (χ2v) is 5.81. The molecule has 112 valence electrons. The molecule has 0 spiro atoms. The van der Waals surface area contributed by atoms with Crippen molar-refractivity contribution in [3.63, 3.8) is 0 Å². The number of benzene rings is 1. The van der Waals surface area contributed by atoms with Crippen LogP contribution in [0.3, 0.4) is 0 Å². The van der Waals surface area contributed by atoms with E-state index in [2.05, 4.69) is 29.0 Å². The van der Waals surface area contributed by atoms with Gasteiger partial charge >= 0.3 is 0 Å². The topological polar surface area (TPSA) is 41.3 Å². The van der Waals surface area contributed by atoms with Gasteiger partial charge in [0.15, 0.2) is 0 Å². The van der Waals surface area contributed by atoms with E-state index in [0.29, 0.717) is 18.0 Å². The first-order valence-corrected chi connectivity index (χ1v) is 7.29. The quantitative estimate of drug-likeness (QED) is 0.943. The smallest absolute Gasteiger partial charge is 0.226 e. The van der Waals surface area contributed by atoms with Crippen molar-refractivity contribution < 1.29 is 8.81 Å². The third-order valence-corrected chi connectivity index (χ3v) is 3.66. The van der Waals surface area contributed by atoms with Crippen molar-refractivity contribution in [2.75, 3.05) is 13.1 Å². The Labute approximate surface area is 124 Å². The fourth-order valence-corrected chi connectivity index (χ4v) is 2.90. The van der Waals surface area contributed by atoms with Crippen molar-refractivity contribution in [1.82, 2.24) is 15.2 Å². The van der Waals surface area contributed by atoms with Crippen molar-refractivity contribution in [2.45, 2.75) is 32.5 Å². The lowest BCUT2D eigenvalue weighted by molar-refractivity contribution is 0.165. The van der Waals surface area contributed by atoms with E-state index in [0.717, 1.165) is 30.9 Å². The van der Waals surface area contributed by atoms with Crippen LogP contribution in [-0.2, 0) is 6.54 Å². The van der Waals surface area contributed by atoms with E-state index in [4.69, 9.17) is 4.42 Å². The van der Waals surface area contributed by atoms with Gasteiger partial charge in [0.1, 0.15) is 12.1 Å². The van der Waals surface area contributed by atoms with Gasteiger partial charge in [-0.3, -0.25) is 4.90 Å². The molecular formula is C16H20FN3O. The van der Waals surface area contributed by atoms with Crippen LogP contribution < -0.4 is 5.32 Å². The number of hydrogen-bond donors (Lipinski definition) is 1. The van der Waals surface area contributed by atoms with E-state index >= 15 is 0 Å². The Morgan fingerprint density at radius 2 is 1.90 bits per heavy atom. The molecule has 0 amide bonds. The van der Waals surface area contributed by atoms with E-state index in [9.17, 15) is 4.39 Å². The van der Waals surface area contributed by atoms with E-state index in [1.54, 1.807) is 18.4 Å². The average Bonchev–Trinajstić information content (AvgIpc) is 2.87. The molecule has 0 saturated carbocycles. The van der Waals surface area contributed by atoms with Gasteiger partial charge in [-0.2, -0.15) is 0 Å². The highest BCUT2D eigenvalue weighted by atomic mass is 19.1. The molecule has 2 heterocycles. The van der Waals surface area contributed by atoms with Gasteiger partial charge in [0.05, 0.1) is 5.69 Å². The first kappa shape index (κ1) is 14.2. The van der Waals surface area contributed by atoms with Crippen LogP contribution in [-0.4, -0.2) is 35.1 Å². The minimum Gasteiger partial charge on any atom is -0.444 e. The maximum atomic E-state index is 12.9. The monoisotopic (exact) mass is 289 g/mol. The van der Waals surface area contributed by atoms with Crippen LogP contribution in [0.15, 0.2) is 34.9 Å². The maximum Gasteiger partial charge on any atom is 0.226 e. The van der Waals surface area contributed by atoms with Crippen LogP contribution in [0.1, 0.15) is 19.5 Å². The molecule has 21 heavy (non-hydrogen) atoms. The van der Waals surface area contributed by atoms with Gasteiger partial charge in [0.25, 0.3) is 0 Å². The molecule has 1 aliphatic rings. The van der Waals surface area contributed by atoms with Crippen LogP contribution in [0.2, 0.25) is 0 Å². The van der Waals surface area contributed by atoms with Gasteiger partial charge in [-0.1, -0.05) is 0 Å². The lowest BCUT2D eigenvalue weighted by Crippen LogP contribution is -2.53. The van der Waals surface area contributed by atoms with Gasteiger partial charge in [0, 0.05) is 37.3 Å². The Morgan fingerprint density at radius 3 is 2.57 bits per heavy atom. The number of oxazole rings is 1. The fraction of sp³-hybridized carbons (Fsp3) is 0.438. The number of hydrogen-bond acceptors (Lipinski definition) is 4. The molecule has 0 aliphatic carbocycles. The molecule has 4 nitrogen and oxygen atoms in total. The summed E-state index contributed by atoms with van der Waals surface area (Å²) in [6.07, 6.45) is 1.69. The second-order valence-electron chi connectivity index (χ2n) is 5.81. The molecule has 0 radical (unpaired) electrons. The van der Waals surface area contributed by atoms with Crippen LogP contribution in [0, 0.1) is 5.82 Å². The van der Waals surface area contributed by atoms with E-state index in [-0.39, 0.29) is 5.82 Å². The Hall–Kier alpha value is -1.72. The van der Waals surface area contributed by atoms with Crippen molar-refractivity contribution in [3.8, 4) is 11.5 Å². The van der Waals surface area contributed by atoms with Crippen molar-refractivity contribution in [3.05, 3.63) is 42.0 Å². The normalized spacial score (nSPS) is 23.4. The van der Waals surface area contributed by atoms with Crippen LogP contribution >= 0.6 is 0 Å². The van der Waals surface area contributed by atoms with Crippen LogP contribution in [0.25, 0.3) is 11.5 Å². The zero-order chi connectivity index (χ0) is 14.8. The first-order chi connectivity index (χ1) is 10.1. The van der Waals surface area contributed by atoms with Gasteiger partial charge in [0.2, 0.25) is 5.89 Å². The summed E-state index contributed by atoms with van der Waals surface area (Å²) in [7, 11) is 0. The van der Waals surface area contributed by atoms with Crippen molar-refractivity contribution in [2.24, 2.45) is 0 Å². The number of halogens is 1. The number of aromatic nitrogens is 1. The lowest BCUT2D eigenvalue weighted by atomic mass is 10.1. The molecule has 1 N–H and O–H groups in total. The summed E-state index contributed by atoms with van der Waals surface area (Å²) in [5, 5.41) is 3.51. The number of rotatable bonds is 3. The van der Waals surface area contributed by atoms with Gasteiger partial charge < -0.3 is 9.73 Å². The van der Waals surface area contributed by atoms with Crippen LogP contribution in [0.4, 0.5) is 4.39 Å². The molecule has 1 aromatic heterocycles. The Kier molecular flexibility index (Phi) is 4.03. The molecule has 2 unspecified atom stereocenters. The molecule has 1 aromatic carbocycles. The van der Waals surface area contributed by atoms with Crippen LogP contribution in [0.5, 0.6) is 0 Å². The highest BCUT2D eigenvalue weighted by molar-refractivity contribution is 5.52. The largest absolute Gasteiger partial charge is 0.444 e. The molecule has 3 rings (SSSR count). The van der Waals surface area contributed by atoms with Crippen molar-refractivity contribution >= 4 is 0 Å². The Bertz CT molecular complexity index is 586. The van der Waals surface area contributed by atoms with E-state index < -0.39 is 0 Å². The van der Waals surface area contributed by atoms with Gasteiger partial charge in [-0.25, -0.2) is 9.37 Å². The predicted molar refractivity (Wildman–Crippen MR) is 79.2 cm³/mol. The third-order valence-electron chi connectivity index (χ3n) is 3.66. The zero-order valence-corrected chi connectivity index (χ0v) is 12.3. The number of nitrogens with zero attached hydrogens (tertiary/aromatic N) is 2. The standard InChI is InChI=1S/C16H20FN3O/c1-11-7-20(8-12(2)18-11)9-15-10-21-16(19-15)13-3-5-14(17)6-4-13/h3-6,10-12,18H,7-9H2,1-2H3. The summed E-state index contributed by atoms with van der Waals surface area (Å²) in [5.41, 5.74) is 1.71. The lowest BCUT2D eigenvalue weighted by Gasteiger charge is -2.35. The molecule has 2 atom stereocenters. The summed E-state index contributed by atoms with van der Waals surface area (Å²) in [6, 6.07) is 7.16. The summed E-state index contributed by atoms with van der Waals surface area (Å²) < 4.78 is 18.4. The zero-order valence-electron chi connectivity index (χ0n) is 12.3. The molecule has 2 aromatic rings. The minimum absolute atomic E-state index is 0.255. The third kappa shape index (κ3) is 3.49. The molecule has 5 heteroatoms.